The molecular weight excluding hydrogens is 288 g/mol. The largest absolute Gasteiger partial charge is 0.390 e. The fraction of sp³-hybridized carbons (Fsp3) is 0.500. The fourth-order valence-electron chi connectivity index (χ4n) is 1.55. The quantitative estimate of drug-likeness (QED) is 0.660. The molecule has 1 atom stereocenters. The molecule has 0 aliphatic heterocycles. The van der Waals surface area contributed by atoms with Crippen molar-refractivity contribution in [1.29, 1.82) is 0 Å². The summed E-state index contributed by atoms with van der Waals surface area (Å²) in [4.78, 5) is 0.227. The minimum Gasteiger partial charge on any atom is -0.390 e. The molecule has 106 valence electrons. The third-order valence-electron chi connectivity index (χ3n) is 2.76. The molecule has 2 rings (SSSR count). The lowest BCUT2D eigenvalue weighted by atomic mass is 10.3. The molecule has 1 aromatic carbocycles. The van der Waals surface area contributed by atoms with Crippen LogP contribution in [0.4, 0.5) is 5.69 Å². The van der Waals surface area contributed by atoms with Crippen molar-refractivity contribution in [3.8, 4) is 0 Å². The highest BCUT2D eigenvalue weighted by Gasteiger charge is 2.27. The molecule has 1 aliphatic rings. The summed E-state index contributed by atoms with van der Waals surface area (Å²) in [5.41, 5.74) is 0.642. The second-order valence-electron chi connectivity index (χ2n) is 4.61. The van der Waals surface area contributed by atoms with Crippen molar-refractivity contribution < 1.29 is 13.5 Å². The highest BCUT2D eigenvalue weighted by molar-refractivity contribution is 7.89. The van der Waals surface area contributed by atoms with Gasteiger partial charge in [-0.15, -0.1) is 11.6 Å². The highest BCUT2D eigenvalue weighted by atomic mass is 35.5. The van der Waals surface area contributed by atoms with E-state index >= 15 is 0 Å². The second kappa shape index (κ2) is 6.09. The van der Waals surface area contributed by atoms with Gasteiger partial charge in [0.25, 0.3) is 0 Å². The maximum absolute atomic E-state index is 12.0. The Balaban J connectivity index is 2.05. The van der Waals surface area contributed by atoms with E-state index in [1.807, 2.05) is 0 Å². The van der Waals surface area contributed by atoms with E-state index in [0.29, 0.717) is 5.69 Å². The number of rotatable bonds is 7. The van der Waals surface area contributed by atoms with E-state index in [4.69, 9.17) is 11.6 Å². The number of alkyl halides is 1. The number of aliphatic hydroxyl groups is 1. The summed E-state index contributed by atoms with van der Waals surface area (Å²) in [6.07, 6.45) is 1.14. The number of halogens is 1. The van der Waals surface area contributed by atoms with E-state index in [9.17, 15) is 13.5 Å². The Hall–Kier alpha value is -0.820. The maximum Gasteiger partial charge on any atom is 0.240 e. The van der Waals surface area contributed by atoms with Crippen LogP contribution in [0.15, 0.2) is 29.2 Å². The van der Waals surface area contributed by atoms with Crippen LogP contribution in [0.25, 0.3) is 0 Å². The fourth-order valence-corrected chi connectivity index (χ4v) is 3.01. The van der Waals surface area contributed by atoms with Crippen LogP contribution < -0.4 is 10.0 Å². The summed E-state index contributed by atoms with van der Waals surface area (Å²) in [6.45, 7) is 0.281. The van der Waals surface area contributed by atoms with Crippen molar-refractivity contribution >= 4 is 27.3 Å². The van der Waals surface area contributed by atoms with E-state index < -0.39 is 16.1 Å². The minimum absolute atomic E-state index is 0.0830. The lowest BCUT2D eigenvalue weighted by Crippen LogP contribution is -2.26. The first-order valence-corrected chi connectivity index (χ1v) is 8.13. The van der Waals surface area contributed by atoms with Gasteiger partial charge in [0.1, 0.15) is 0 Å². The molecule has 0 bridgehead atoms. The lowest BCUT2D eigenvalue weighted by molar-refractivity contribution is 0.211. The minimum atomic E-state index is -3.44. The van der Waals surface area contributed by atoms with Crippen LogP contribution >= 0.6 is 11.6 Å². The van der Waals surface area contributed by atoms with Crippen molar-refractivity contribution in [3.63, 3.8) is 0 Å². The van der Waals surface area contributed by atoms with Crippen molar-refractivity contribution in [1.82, 2.24) is 4.72 Å². The van der Waals surface area contributed by atoms with Gasteiger partial charge in [-0.25, -0.2) is 13.1 Å². The molecule has 1 fully saturated rings. The Morgan fingerprint density at radius 2 is 2.16 bits per heavy atom. The molecule has 19 heavy (non-hydrogen) atoms. The SMILES string of the molecule is O=S(=O)(NC1CC1)c1cccc(NCC(O)CCl)c1. The van der Waals surface area contributed by atoms with Crippen molar-refractivity contribution in [2.75, 3.05) is 17.7 Å². The standard InChI is InChI=1S/C12H17ClN2O3S/c13-7-11(16)8-14-10-2-1-3-12(6-10)19(17,18)15-9-4-5-9/h1-3,6,9,11,14-16H,4-5,7-8H2. The third kappa shape index (κ3) is 4.35. The van der Waals surface area contributed by atoms with Crippen LogP contribution in [0, 0.1) is 0 Å². The summed E-state index contributed by atoms with van der Waals surface area (Å²) < 4.78 is 26.7. The number of nitrogens with one attached hydrogen (secondary N) is 2. The Bertz CT molecular complexity index is 532. The van der Waals surface area contributed by atoms with Crippen LogP contribution in [-0.2, 0) is 10.0 Å². The van der Waals surface area contributed by atoms with Crippen LogP contribution in [0.1, 0.15) is 12.8 Å². The van der Waals surface area contributed by atoms with Crippen molar-refractivity contribution in [2.24, 2.45) is 0 Å². The maximum atomic E-state index is 12.0. The van der Waals surface area contributed by atoms with Gasteiger partial charge in [0.05, 0.1) is 16.9 Å². The van der Waals surface area contributed by atoms with Crippen molar-refractivity contribution in [3.05, 3.63) is 24.3 Å². The lowest BCUT2D eigenvalue weighted by Gasteiger charge is -2.11. The molecule has 1 aliphatic carbocycles. The molecule has 0 aromatic heterocycles. The zero-order valence-electron chi connectivity index (χ0n) is 10.3. The van der Waals surface area contributed by atoms with E-state index in [2.05, 4.69) is 10.0 Å². The van der Waals surface area contributed by atoms with E-state index in [0.717, 1.165) is 12.8 Å². The average molecular weight is 305 g/mol. The van der Waals surface area contributed by atoms with Gasteiger partial charge in [0, 0.05) is 18.3 Å². The number of sulfonamides is 1. The number of hydrogen-bond acceptors (Lipinski definition) is 4. The van der Waals surface area contributed by atoms with Gasteiger partial charge in [0.2, 0.25) is 10.0 Å². The smallest absolute Gasteiger partial charge is 0.240 e. The number of hydrogen-bond donors (Lipinski definition) is 3. The van der Waals surface area contributed by atoms with Crippen LogP contribution in [-0.4, -0.2) is 38.1 Å². The van der Waals surface area contributed by atoms with Gasteiger partial charge in [-0.3, -0.25) is 0 Å². The first-order valence-electron chi connectivity index (χ1n) is 6.11. The Kier molecular flexibility index (Phi) is 4.67. The molecular formula is C12H17ClN2O3S. The second-order valence-corrected chi connectivity index (χ2v) is 6.64. The Morgan fingerprint density at radius 1 is 1.42 bits per heavy atom. The van der Waals surface area contributed by atoms with Gasteiger partial charge in [0.15, 0.2) is 0 Å². The van der Waals surface area contributed by atoms with E-state index in [1.165, 1.54) is 0 Å². The van der Waals surface area contributed by atoms with Crippen molar-refractivity contribution in [2.45, 2.75) is 29.9 Å². The van der Waals surface area contributed by atoms with E-state index in [1.54, 1.807) is 24.3 Å². The third-order valence-corrected chi connectivity index (χ3v) is 4.64. The zero-order chi connectivity index (χ0) is 13.9. The molecule has 1 saturated carbocycles. The predicted molar refractivity (Wildman–Crippen MR) is 75.0 cm³/mol. The molecule has 0 radical (unpaired) electrons. The van der Waals surface area contributed by atoms with Gasteiger partial charge in [-0.2, -0.15) is 0 Å². The first-order chi connectivity index (χ1) is 9.01. The molecule has 0 heterocycles. The van der Waals surface area contributed by atoms with E-state index in [-0.39, 0.29) is 23.4 Å². The monoisotopic (exact) mass is 304 g/mol. The highest BCUT2D eigenvalue weighted by Crippen LogP contribution is 2.23. The van der Waals surface area contributed by atoms with Gasteiger partial charge >= 0.3 is 0 Å². The summed E-state index contributed by atoms with van der Waals surface area (Å²) in [5, 5.41) is 12.3. The van der Waals surface area contributed by atoms with Gasteiger partial charge in [-0.05, 0) is 31.0 Å². The first kappa shape index (κ1) is 14.6. The molecule has 7 heteroatoms. The molecule has 1 aromatic rings. The van der Waals surface area contributed by atoms with Crippen LogP contribution in [0.5, 0.6) is 0 Å². The van der Waals surface area contributed by atoms with Gasteiger partial charge in [-0.1, -0.05) is 6.07 Å². The molecule has 0 amide bonds. The Morgan fingerprint density at radius 3 is 2.79 bits per heavy atom. The zero-order valence-corrected chi connectivity index (χ0v) is 11.9. The number of benzene rings is 1. The number of anilines is 1. The van der Waals surface area contributed by atoms with Gasteiger partial charge < -0.3 is 10.4 Å². The van der Waals surface area contributed by atoms with Crippen LogP contribution in [0.3, 0.4) is 0 Å². The summed E-state index contributed by atoms with van der Waals surface area (Å²) in [7, 11) is -3.44. The summed E-state index contributed by atoms with van der Waals surface area (Å²) in [5.74, 6) is 0.133. The number of aliphatic hydroxyl groups excluding tert-OH is 1. The summed E-state index contributed by atoms with van der Waals surface area (Å²) in [6, 6.07) is 6.59. The molecule has 0 spiro atoms. The predicted octanol–water partition coefficient (Wildman–Crippen LogP) is 1.14. The molecule has 5 nitrogen and oxygen atoms in total. The molecule has 3 N–H and O–H groups in total. The topological polar surface area (TPSA) is 78.4 Å². The Labute approximate surface area is 118 Å². The molecule has 1 unspecified atom stereocenters. The summed E-state index contributed by atoms with van der Waals surface area (Å²) >= 11 is 5.49. The molecule has 0 saturated heterocycles. The average Bonchev–Trinajstić information content (AvgIpc) is 3.19. The van der Waals surface area contributed by atoms with Crippen LogP contribution in [0.2, 0.25) is 0 Å². The normalized spacial score (nSPS) is 17.2.